The predicted molar refractivity (Wildman–Crippen MR) is 105 cm³/mol. The minimum atomic E-state index is -0.147. The van der Waals surface area contributed by atoms with E-state index < -0.39 is 0 Å². The van der Waals surface area contributed by atoms with Gasteiger partial charge in [-0.1, -0.05) is 48.5 Å². The number of aryl methyl sites for hydroxylation is 1. The summed E-state index contributed by atoms with van der Waals surface area (Å²) in [7, 11) is 2.00. The second-order valence-electron chi connectivity index (χ2n) is 6.13. The van der Waals surface area contributed by atoms with Gasteiger partial charge in [0.1, 0.15) is 5.82 Å². The highest BCUT2D eigenvalue weighted by Crippen LogP contribution is 2.25. The number of hydrogen-bond acceptors (Lipinski definition) is 2. The number of fused-ring (bicyclic) bond motifs is 1. The van der Waals surface area contributed by atoms with Crippen LogP contribution in [0.15, 0.2) is 67.0 Å². The Hall–Kier alpha value is -2.56. The molecule has 0 amide bonds. The van der Waals surface area contributed by atoms with Gasteiger partial charge in [0.15, 0.2) is 0 Å². The molecule has 0 saturated heterocycles. The number of nitrogens with two attached hydrogens (primary N) is 1. The van der Waals surface area contributed by atoms with E-state index in [1.807, 2.05) is 48.3 Å². The SMILES string of the molecule is Cl.Cn1cc(-c2ccccc2)nc1[C@H](N)Cc1c[nH]c2ccccc12. The number of H-pyrrole nitrogens is 1. The van der Waals surface area contributed by atoms with Crippen LogP contribution < -0.4 is 5.73 Å². The van der Waals surface area contributed by atoms with Gasteiger partial charge >= 0.3 is 0 Å². The molecule has 0 unspecified atom stereocenters. The molecule has 2 aromatic carbocycles. The maximum atomic E-state index is 6.47. The van der Waals surface area contributed by atoms with Gasteiger partial charge in [0.05, 0.1) is 11.7 Å². The molecule has 0 aliphatic rings. The van der Waals surface area contributed by atoms with E-state index in [2.05, 4.69) is 35.3 Å². The third-order valence-electron chi connectivity index (χ3n) is 4.43. The number of para-hydroxylation sites is 1. The van der Waals surface area contributed by atoms with Crippen LogP contribution in [0.5, 0.6) is 0 Å². The van der Waals surface area contributed by atoms with E-state index in [0.29, 0.717) is 0 Å². The number of aromatic nitrogens is 3. The Kier molecular flexibility index (Phi) is 4.93. The van der Waals surface area contributed by atoms with Gasteiger partial charge in [0.2, 0.25) is 0 Å². The highest BCUT2D eigenvalue weighted by atomic mass is 35.5. The van der Waals surface area contributed by atoms with Crippen LogP contribution in [0.25, 0.3) is 22.2 Å². The molecule has 0 bridgehead atoms. The minimum Gasteiger partial charge on any atom is -0.361 e. The third kappa shape index (κ3) is 3.31. The van der Waals surface area contributed by atoms with E-state index in [9.17, 15) is 0 Å². The maximum absolute atomic E-state index is 6.47. The highest BCUT2D eigenvalue weighted by molar-refractivity contribution is 5.85. The van der Waals surface area contributed by atoms with Crippen molar-refractivity contribution in [1.29, 1.82) is 0 Å². The summed E-state index contributed by atoms with van der Waals surface area (Å²) in [5.74, 6) is 0.902. The van der Waals surface area contributed by atoms with Crippen LogP contribution in [0, 0.1) is 0 Å². The van der Waals surface area contributed by atoms with Gasteiger partial charge in [-0.25, -0.2) is 4.98 Å². The molecule has 4 aromatic rings. The van der Waals surface area contributed by atoms with E-state index in [1.165, 1.54) is 10.9 Å². The lowest BCUT2D eigenvalue weighted by Gasteiger charge is -2.10. The zero-order chi connectivity index (χ0) is 16.5. The van der Waals surface area contributed by atoms with Crippen LogP contribution in [-0.4, -0.2) is 14.5 Å². The largest absolute Gasteiger partial charge is 0.361 e. The van der Waals surface area contributed by atoms with E-state index >= 15 is 0 Å². The van der Waals surface area contributed by atoms with Crippen molar-refractivity contribution in [3.63, 3.8) is 0 Å². The van der Waals surface area contributed by atoms with Crippen molar-refractivity contribution >= 4 is 23.3 Å². The first-order valence-corrected chi connectivity index (χ1v) is 8.11. The summed E-state index contributed by atoms with van der Waals surface area (Å²) in [6.07, 6.45) is 4.84. The summed E-state index contributed by atoms with van der Waals surface area (Å²) in [5.41, 5.74) is 10.9. The van der Waals surface area contributed by atoms with Crippen LogP contribution in [0.2, 0.25) is 0 Å². The molecule has 0 fully saturated rings. The van der Waals surface area contributed by atoms with Gasteiger partial charge in [-0.15, -0.1) is 12.4 Å². The van der Waals surface area contributed by atoms with E-state index in [0.717, 1.165) is 29.0 Å². The molecule has 25 heavy (non-hydrogen) atoms. The molecule has 128 valence electrons. The predicted octanol–water partition coefficient (Wildman–Crippen LogP) is 4.23. The lowest BCUT2D eigenvalue weighted by atomic mass is 10.1. The molecule has 0 saturated carbocycles. The van der Waals surface area contributed by atoms with Crippen molar-refractivity contribution in [2.45, 2.75) is 12.5 Å². The lowest BCUT2D eigenvalue weighted by Crippen LogP contribution is -2.17. The highest BCUT2D eigenvalue weighted by Gasteiger charge is 2.16. The summed E-state index contributed by atoms with van der Waals surface area (Å²) in [4.78, 5) is 8.08. The normalized spacial score (nSPS) is 12.1. The van der Waals surface area contributed by atoms with E-state index in [-0.39, 0.29) is 18.4 Å². The van der Waals surface area contributed by atoms with Crippen molar-refractivity contribution < 1.29 is 0 Å². The quantitative estimate of drug-likeness (QED) is 0.577. The monoisotopic (exact) mass is 352 g/mol. The number of hydrogen-bond donors (Lipinski definition) is 2. The van der Waals surface area contributed by atoms with Crippen molar-refractivity contribution in [2.24, 2.45) is 12.8 Å². The maximum Gasteiger partial charge on any atom is 0.126 e. The number of halogens is 1. The van der Waals surface area contributed by atoms with Crippen molar-refractivity contribution in [3.8, 4) is 11.3 Å². The Morgan fingerprint density at radius 2 is 1.80 bits per heavy atom. The van der Waals surface area contributed by atoms with Gasteiger partial charge in [-0.2, -0.15) is 0 Å². The molecular formula is C20H21ClN4. The van der Waals surface area contributed by atoms with Gasteiger partial charge in [-0.3, -0.25) is 0 Å². The minimum absolute atomic E-state index is 0. The van der Waals surface area contributed by atoms with Crippen LogP contribution >= 0.6 is 12.4 Å². The second-order valence-corrected chi connectivity index (χ2v) is 6.13. The first kappa shape index (κ1) is 17.3. The molecule has 0 aliphatic heterocycles. The van der Waals surface area contributed by atoms with Gasteiger partial charge < -0.3 is 15.3 Å². The molecule has 1 atom stereocenters. The number of imidazole rings is 1. The fourth-order valence-electron chi connectivity index (χ4n) is 3.20. The molecule has 0 aliphatic carbocycles. The smallest absolute Gasteiger partial charge is 0.126 e. The Bertz CT molecular complexity index is 972. The summed E-state index contributed by atoms with van der Waals surface area (Å²) < 4.78 is 2.03. The van der Waals surface area contributed by atoms with Gasteiger partial charge in [-0.05, 0) is 18.1 Å². The van der Waals surface area contributed by atoms with Crippen LogP contribution in [0.4, 0.5) is 0 Å². The molecule has 4 nitrogen and oxygen atoms in total. The summed E-state index contributed by atoms with van der Waals surface area (Å²) in [6, 6.07) is 18.3. The van der Waals surface area contributed by atoms with Crippen molar-refractivity contribution in [2.75, 3.05) is 0 Å². The van der Waals surface area contributed by atoms with Crippen LogP contribution in [0.1, 0.15) is 17.4 Å². The zero-order valence-corrected chi connectivity index (χ0v) is 14.8. The molecule has 5 heteroatoms. The molecule has 4 rings (SSSR count). The van der Waals surface area contributed by atoms with Gasteiger partial charge in [0, 0.05) is 35.9 Å². The zero-order valence-electron chi connectivity index (χ0n) is 14.0. The summed E-state index contributed by atoms with van der Waals surface area (Å²) >= 11 is 0. The van der Waals surface area contributed by atoms with Gasteiger partial charge in [0.25, 0.3) is 0 Å². The van der Waals surface area contributed by atoms with E-state index in [1.54, 1.807) is 0 Å². The molecule has 2 aromatic heterocycles. The first-order chi connectivity index (χ1) is 11.7. The topological polar surface area (TPSA) is 59.6 Å². The standard InChI is InChI=1S/C20H20N4.ClH/c1-24-13-19(14-7-3-2-4-8-14)23-20(24)17(21)11-15-12-22-18-10-6-5-9-16(15)18;/h2-10,12-13,17,22H,11,21H2,1H3;1H/t17-;/m1./s1. The number of nitrogens with one attached hydrogen (secondary N) is 1. The summed E-state index contributed by atoms with van der Waals surface area (Å²) in [6.45, 7) is 0. The van der Waals surface area contributed by atoms with Crippen molar-refractivity contribution in [3.05, 3.63) is 78.4 Å². The fourth-order valence-corrected chi connectivity index (χ4v) is 3.20. The first-order valence-electron chi connectivity index (χ1n) is 8.11. The number of benzene rings is 2. The third-order valence-corrected chi connectivity index (χ3v) is 4.43. The Labute approximate surface area is 153 Å². The Morgan fingerprint density at radius 1 is 1.08 bits per heavy atom. The molecular weight excluding hydrogens is 332 g/mol. The number of aromatic amines is 1. The molecule has 2 heterocycles. The number of nitrogens with zero attached hydrogens (tertiary/aromatic N) is 2. The molecule has 3 N–H and O–H groups in total. The fraction of sp³-hybridized carbons (Fsp3) is 0.150. The molecule has 0 spiro atoms. The van der Waals surface area contributed by atoms with Crippen LogP contribution in [0.3, 0.4) is 0 Å². The van der Waals surface area contributed by atoms with Crippen molar-refractivity contribution in [1.82, 2.24) is 14.5 Å². The lowest BCUT2D eigenvalue weighted by molar-refractivity contribution is 0.634. The number of rotatable bonds is 4. The molecule has 0 radical (unpaired) electrons. The summed E-state index contributed by atoms with van der Waals surface area (Å²) in [5, 5.41) is 1.23. The van der Waals surface area contributed by atoms with E-state index in [4.69, 9.17) is 10.7 Å². The average Bonchev–Trinajstić information content (AvgIpc) is 3.20. The Morgan fingerprint density at radius 3 is 2.60 bits per heavy atom. The Balaban J connectivity index is 0.00000182. The average molecular weight is 353 g/mol. The second kappa shape index (κ2) is 7.13. The van der Waals surface area contributed by atoms with Crippen LogP contribution in [-0.2, 0) is 13.5 Å².